The average Bonchev–Trinajstić information content (AvgIpc) is 2.40. The molecule has 0 unspecified atom stereocenters. The maximum atomic E-state index is 13.8. The van der Waals surface area contributed by atoms with E-state index in [2.05, 4.69) is 0 Å². The van der Waals surface area contributed by atoms with E-state index >= 15 is 0 Å². The third kappa shape index (κ3) is 3.25. The Bertz CT molecular complexity index is 800. The largest absolute Gasteiger partial charge is 0.478 e. The summed E-state index contributed by atoms with van der Waals surface area (Å²) in [5, 5.41) is 8.71. The molecule has 0 spiro atoms. The maximum absolute atomic E-state index is 13.8. The summed E-state index contributed by atoms with van der Waals surface area (Å²) in [6.07, 6.45) is 0. The maximum Gasteiger partial charge on any atom is 0.335 e. The molecule has 0 saturated heterocycles. The highest BCUT2D eigenvalue weighted by Crippen LogP contribution is 2.22. The summed E-state index contributed by atoms with van der Waals surface area (Å²) in [4.78, 5) is 10.0. The normalized spacial score (nSPS) is 11.3. The average molecular weight is 312 g/mol. The number of carbonyl (C=O) groups is 1. The Labute approximate surface area is 119 Å². The molecule has 0 fully saturated rings. The molecular weight excluding hydrogens is 302 g/mol. The lowest BCUT2D eigenvalue weighted by Gasteiger charge is -2.07. The molecule has 0 bridgehead atoms. The van der Waals surface area contributed by atoms with Crippen LogP contribution in [0, 0.1) is 11.6 Å². The Morgan fingerprint density at radius 3 is 2.29 bits per heavy atom. The van der Waals surface area contributed by atoms with Gasteiger partial charge >= 0.3 is 5.97 Å². The molecule has 0 saturated carbocycles. The number of carboxylic acids is 1. The molecule has 4 nitrogen and oxygen atoms in total. The van der Waals surface area contributed by atoms with E-state index in [4.69, 9.17) is 5.11 Å². The number of hydrogen-bond acceptors (Lipinski definition) is 3. The van der Waals surface area contributed by atoms with Crippen LogP contribution >= 0.6 is 0 Å². The van der Waals surface area contributed by atoms with Gasteiger partial charge < -0.3 is 5.11 Å². The first-order chi connectivity index (χ1) is 9.81. The number of carboxylic acid groups (broad SMARTS) is 1. The number of sulfone groups is 1. The smallest absolute Gasteiger partial charge is 0.335 e. The molecule has 0 aromatic heterocycles. The predicted molar refractivity (Wildman–Crippen MR) is 70.6 cm³/mol. The summed E-state index contributed by atoms with van der Waals surface area (Å²) in [5.41, 5.74) is -0.448. The standard InChI is InChI=1S/C14H10F2O4S/c15-11-4-2-1-3-10(11)8-21(19,20)13-6-5-9(14(17)18)7-12(13)16/h1-7H,8H2,(H,17,18). The van der Waals surface area contributed by atoms with Gasteiger partial charge in [0.05, 0.1) is 11.3 Å². The zero-order chi connectivity index (χ0) is 15.6. The molecule has 0 amide bonds. The molecule has 2 aromatic carbocycles. The van der Waals surface area contributed by atoms with Gasteiger partial charge in [-0.3, -0.25) is 0 Å². The van der Waals surface area contributed by atoms with E-state index in [1.807, 2.05) is 0 Å². The lowest BCUT2D eigenvalue weighted by Crippen LogP contribution is -2.09. The van der Waals surface area contributed by atoms with Gasteiger partial charge in [-0.15, -0.1) is 0 Å². The third-order valence-corrected chi connectivity index (χ3v) is 4.51. The second-order valence-electron chi connectivity index (χ2n) is 4.30. The topological polar surface area (TPSA) is 71.4 Å². The second kappa shape index (κ2) is 5.61. The zero-order valence-corrected chi connectivity index (χ0v) is 11.4. The Morgan fingerprint density at radius 2 is 1.71 bits per heavy atom. The minimum Gasteiger partial charge on any atom is -0.478 e. The van der Waals surface area contributed by atoms with Crippen LogP contribution in [0.3, 0.4) is 0 Å². The van der Waals surface area contributed by atoms with Crippen molar-refractivity contribution in [2.24, 2.45) is 0 Å². The van der Waals surface area contributed by atoms with E-state index in [1.54, 1.807) is 0 Å². The van der Waals surface area contributed by atoms with Gasteiger partial charge in [0.2, 0.25) is 0 Å². The zero-order valence-electron chi connectivity index (χ0n) is 10.6. The van der Waals surface area contributed by atoms with E-state index in [9.17, 15) is 22.0 Å². The van der Waals surface area contributed by atoms with Crippen molar-refractivity contribution in [1.29, 1.82) is 0 Å². The molecule has 0 atom stereocenters. The Kier molecular flexibility index (Phi) is 4.04. The van der Waals surface area contributed by atoms with Crippen LogP contribution < -0.4 is 0 Å². The van der Waals surface area contributed by atoms with Gasteiger partial charge in [-0.1, -0.05) is 18.2 Å². The SMILES string of the molecule is O=C(O)c1ccc(S(=O)(=O)Cc2ccccc2F)c(F)c1. The summed E-state index contributed by atoms with van der Waals surface area (Å²) < 4.78 is 51.4. The highest BCUT2D eigenvalue weighted by Gasteiger charge is 2.22. The molecule has 2 rings (SSSR count). The summed E-state index contributed by atoms with van der Waals surface area (Å²) in [7, 11) is -4.12. The third-order valence-electron chi connectivity index (χ3n) is 2.82. The van der Waals surface area contributed by atoms with Crippen molar-refractivity contribution in [3.63, 3.8) is 0 Å². The summed E-state index contributed by atoms with van der Waals surface area (Å²) in [6.45, 7) is 0. The summed E-state index contributed by atoms with van der Waals surface area (Å²) in [6, 6.07) is 7.75. The Hall–Kier alpha value is -2.28. The molecule has 2 aromatic rings. The molecule has 0 aliphatic carbocycles. The molecule has 0 heterocycles. The van der Waals surface area contributed by atoms with Gasteiger partial charge in [-0.05, 0) is 24.3 Å². The minimum atomic E-state index is -4.12. The van der Waals surface area contributed by atoms with Crippen LogP contribution in [-0.4, -0.2) is 19.5 Å². The van der Waals surface area contributed by atoms with Crippen LogP contribution in [0.2, 0.25) is 0 Å². The van der Waals surface area contributed by atoms with Crippen molar-refractivity contribution in [1.82, 2.24) is 0 Å². The Balaban J connectivity index is 2.41. The molecule has 7 heteroatoms. The van der Waals surface area contributed by atoms with E-state index in [1.165, 1.54) is 18.2 Å². The lowest BCUT2D eigenvalue weighted by atomic mass is 10.2. The number of aromatic carboxylic acids is 1. The van der Waals surface area contributed by atoms with Gasteiger partial charge in [0.25, 0.3) is 0 Å². The summed E-state index contributed by atoms with van der Waals surface area (Å²) in [5.74, 6) is -3.95. The number of halogens is 2. The first-order valence-electron chi connectivity index (χ1n) is 5.80. The fourth-order valence-electron chi connectivity index (χ4n) is 1.78. The monoisotopic (exact) mass is 312 g/mol. The molecule has 1 N–H and O–H groups in total. The van der Waals surface area contributed by atoms with Crippen molar-refractivity contribution in [2.75, 3.05) is 0 Å². The van der Waals surface area contributed by atoms with Gasteiger partial charge in [0.1, 0.15) is 16.5 Å². The van der Waals surface area contributed by atoms with Crippen molar-refractivity contribution in [3.05, 3.63) is 65.2 Å². The molecule has 0 radical (unpaired) electrons. The van der Waals surface area contributed by atoms with Crippen molar-refractivity contribution in [2.45, 2.75) is 10.6 Å². The van der Waals surface area contributed by atoms with Gasteiger partial charge in [-0.2, -0.15) is 0 Å². The van der Waals surface area contributed by atoms with Gasteiger partial charge in [0.15, 0.2) is 9.84 Å². The van der Waals surface area contributed by atoms with Crippen molar-refractivity contribution >= 4 is 15.8 Å². The van der Waals surface area contributed by atoms with Crippen LogP contribution in [0.1, 0.15) is 15.9 Å². The van der Waals surface area contributed by atoms with Crippen molar-refractivity contribution in [3.8, 4) is 0 Å². The second-order valence-corrected chi connectivity index (χ2v) is 6.26. The number of rotatable bonds is 4. The molecule has 110 valence electrons. The highest BCUT2D eigenvalue weighted by atomic mass is 32.2. The van der Waals surface area contributed by atoms with E-state index in [0.29, 0.717) is 6.07 Å². The first kappa shape index (κ1) is 15.1. The van der Waals surface area contributed by atoms with E-state index in [-0.39, 0.29) is 11.1 Å². The minimum absolute atomic E-state index is 0.0841. The van der Waals surface area contributed by atoms with Crippen LogP contribution in [0.25, 0.3) is 0 Å². The van der Waals surface area contributed by atoms with Crippen LogP contribution in [-0.2, 0) is 15.6 Å². The van der Waals surface area contributed by atoms with Gasteiger partial charge in [-0.25, -0.2) is 22.0 Å². The summed E-state index contributed by atoms with van der Waals surface area (Å²) >= 11 is 0. The van der Waals surface area contributed by atoms with E-state index < -0.39 is 38.1 Å². The molecule has 21 heavy (non-hydrogen) atoms. The number of hydrogen-bond donors (Lipinski definition) is 1. The molecule has 0 aliphatic rings. The van der Waals surface area contributed by atoms with Crippen LogP contribution in [0.15, 0.2) is 47.4 Å². The lowest BCUT2D eigenvalue weighted by molar-refractivity contribution is 0.0696. The number of benzene rings is 2. The highest BCUT2D eigenvalue weighted by molar-refractivity contribution is 7.90. The fraction of sp³-hybridized carbons (Fsp3) is 0.0714. The van der Waals surface area contributed by atoms with Crippen LogP contribution in [0.5, 0.6) is 0 Å². The quantitative estimate of drug-likeness (QED) is 0.942. The van der Waals surface area contributed by atoms with Crippen molar-refractivity contribution < 1.29 is 27.1 Å². The van der Waals surface area contributed by atoms with Gasteiger partial charge in [0, 0.05) is 5.56 Å². The van der Waals surface area contributed by atoms with E-state index in [0.717, 1.165) is 18.2 Å². The van der Waals surface area contributed by atoms with Crippen LogP contribution in [0.4, 0.5) is 8.78 Å². The fourth-order valence-corrected chi connectivity index (χ4v) is 3.21. The molecule has 0 aliphatic heterocycles. The first-order valence-corrected chi connectivity index (χ1v) is 7.45. The predicted octanol–water partition coefficient (Wildman–Crippen LogP) is 2.64. The Morgan fingerprint density at radius 1 is 1.05 bits per heavy atom. The molecular formula is C14H10F2O4S.